The Hall–Kier alpha value is -2.31. The van der Waals surface area contributed by atoms with Crippen LogP contribution in [0.5, 0.6) is 5.75 Å². The minimum atomic E-state index is 0.401. The number of nitrogens with zero attached hydrogens (tertiary/aromatic N) is 1. The summed E-state index contributed by atoms with van der Waals surface area (Å²) in [5.74, 6) is 1.28. The number of aromatic nitrogens is 1. The molecular formula is C15H12ClN3O2S. The first-order chi connectivity index (χ1) is 10.7. The molecule has 0 aliphatic carbocycles. The molecule has 22 heavy (non-hydrogen) atoms. The zero-order valence-corrected chi connectivity index (χ0v) is 13.2. The second-order valence-corrected chi connectivity index (χ2v) is 5.33. The van der Waals surface area contributed by atoms with E-state index in [0.717, 1.165) is 16.8 Å². The third-order valence-corrected chi connectivity index (χ3v) is 3.43. The van der Waals surface area contributed by atoms with Gasteiger partial charge in [-0.3, -0.25) is 0 Å². The maximum atomic E-state index is 5.91. The lowest BCUT2D eigenvalue weighted by Crippen LogP contribution is -2.19. The number of halogens is 1. The summed E-state index contributed by atoms with van der Waals surface area (Å²) in [5, 5.41) is 11.8. The molecule has 0 aliphatic heterocycles. The summed E-state index contributed by atoms with van der Waals surface area (Å²) in [5.41, 5.74) is 1.41. The van der Waals surface area contributed by atoms with E-state index in [2.05, 4.69) is 15.8 Å². The Balaban J connectivity index is 1.75. The molecule has 0 unspecified atom stereocenters. The Kier molecular flexibility index (Phi) is 4.13. The van der Waals surface area contributed by atoms with Gasteiger partial charge in [0.15, 0.2) is 16.5 Å². The van der Waals surface area contributed by atoms with E-state index >= 15 is 0 Å². The first-order valence-electron chi connectivity index (χ1n) is 6.43. The predicted octanol–water partition coefficient (Wildman–Crippen LogP) is 4.30. The monoisotopic (exact) mass is 333 g/mol. The Labute approximate surface area is 137 Å². The second-order valence-electron chi connectivity index (χ2n) is 4.48. The molecule has 0 spiro atoms. The van der Waals surface area contributed by atoms with Crippen LogP contribution in [0.15, 0.2) is 47.0 Å². The third kappa shape index (κ3) is 3.13. The van der Waals surface area contributed by atoms with Gasteiger partial charge >= 0.3 is 0 Å². The van der Waals surface area contributed by atoms with Gasteiger partial charge in [-0.05, 0) is 36.5 Å². The van der Waals surface area contributed by atoms with Crippen LogP contribution in [0.1, 0.15) is 0 Å². The molecule has 3 aromatic rings. The highest BCUT2D eigenvalue weighted by Crippen LogP contribution is 2.26. The molecule has 7 heteroatoms. The number of benzene rings is 2. The van der Waals surface area contributed by atoms with Crippen molar-refractivity contribution in [3.63, 3.8) is 0 Å². The van der Waals surface area contributed by atoms with Crippen LogP contribution in [0.25, 0.3) is 11.0 Å². The maximum absolute atomic E-state index is 5.91. The predicted molar refractivity (Wildman–Crippen MR) is 91.9 cm³/mol. The highest BCUT2D eigenvalue weighted by atomic mass is 35.5. The zero-order chi connectivity index (χ0) is 15.5. The van der Waals surface area contributed by atoms with Crippen molar-refractivity contribution < 1.29 is 9.26 Å². The van der Waals surface area contributed by atoms with Gasteiger partial charge in [0.05, 0.1) is 12.5 Å². The average Bonchev–Trinajstić information content (AvgIpc) is 2.89. The van der Waals surface area contributed by atoms with Crippen molar-refractivity contribution in [1.82, 2.24) is 5.16 Å². The Bertz CT molecular complexity index is 835. The molecule has 5 nitrogen and oxygen atoms in total. The number of thiocarbonyl (C=S) groups is 1. The molecular weight excluding hydrogens is 322 g/mol. The van der Waals surface area contributed by atoms with Crippen LogP contribution >= 0.6 is 23.8 Å². The first-order valence-corrected chi connectivity index (χ1v) is 7.21. The minimum absolute atomic E-state index is 0.401. The zero-order valence-electron chi connectivity index (χ0n) is 11.6. The van der Waals surface area contributed by atoms with Gasteiger partial charge in [0.25, 0.3) is 0 Å². The highest BCUT2D eigenvalue weighted by molar-refractivity contribution is 7.80. The number of hydrogen-bond acceptors (Lipinski definition) is 4. The summed E-state index contributed by atoms with van der Waals surface area (Å²) in [7, 11) is 1.61. The third-order valence-electron chi connectivity index (χ3n) is 2.99. The van der Waals surface area contributed by atoms with Gasteiger partial charge in [0.1, 0.15) is 5.75 Å². The van der Waals surface area contributed by atoms with E-state index in [1.165, 1.54) is 0 Å². The summed E-state index contributed by atoms with van der Waals surface area (Å²) >= 11 is 11.2. The van der Waals surface area contributed by atoms with Gasteiger partial charge in [-0.1, -0.05) is 22.8 Å². The minimum Gasteiger partial charge on any atom is -0.497 e. The van der Waals surface area contributed by atoms with Crippen molar-refractivity contribution in [3.8, 4) is 5.75 Å². The summed E-state index contributed by atoms with van der Waals surface area (Å²) in [6.07, 6.45) is 0. The van der Waals surface area contributed by atoms with E-state index in [0.29, 0.717) is 21.5 Å². The second kappa shape index (κ2) is 6.21. The van der Waals surface area contributed by atoms with Gasteiger partial charge in [0, 0.05) is 22.8 Å². The molecule has 0 aliphatic rings. The lowest BCUT2D eigenvalue weighted by Gasteiger charge is -2.09. The van der Waals surface area contributed by atoms with Crippen molar-refractivity contribution in [1.29, 1.82) is 0 Å². The topological polar surface area (TPSA) is 59.3 Å². The van der Waals surface area contributed by atoms with Crippen LogP contribution in [-0.2, 0) is 0 Å². The van der Waals surface area contributed by atoms with E-state index in [-0.39, 0.29) is 0 Å². The molecule has 2 aromatic carbocycles. The Morgan fingerprint density at radius 3 is 2.91 bits per heavy atom. The van der Waals surface area contributed by atoms with Crippen molar-refractivity contribution >= 4 is 51.4 Å². The number of ether oxygens (including phenoxy) is 1. The standard InChI is InChI=1S/C15H12ClN3O2S/c1-20-11-4-2-3-10(8-11)17-15(22)18-14-12-6-5-9(16)7-13(12)21-19-14/h2-8H,1H3,(H2,17,18,19,22). The molecule has 3 rings (SSSR count). The molecule has 1 aromatic heterocycles. The SMILES string of the molecule is COc1cccc(NC(=S)Nc2noc3cc(Cl)ccc23)c1. The van der Waals surface area contributed by atoms with Crippen LogP contribution in [-0.4, -0.2) is 17.4 Å². The molecule has 0 atom stereocenters. The van der Waals surface area contributed by atoms with Crippen LogP contribution < -0.4 is 15.4 Å². The number of rotatable bonds is 3. The highest BCUT2D eigenvalue weighted by Gasteiger charge is 2.10. The fourth-order valence-corrected chi connectivity index (χ4v) is 2.35. The average molecular weight is 334 g/mol. The number of methoxy groups -OCH3 is 1. The van der Waals surface area contributed by atoms with Gasteiger partial charge in [-0.25, -0.2) is 0 Å². The fraction of sp³-hybridized carbons (Fsp3) is 0.0667. The smallest absolute Gasteiger partial charge is 0.183 e. The number of anilines is 2. The van der Waals surface area contributed by atoms with E-state index in [1.54, 1.807) is 19.2 Å². The van der Waals surface area contributed by atoms with Gasteiger partial charge in [-0.2, -0.15) is 0 Å². The van der Waals surface area contributed by atoms with Crippen molar-refractivity contribution in [3.05, 3.63) is 47.5 Å². The van der Waals surface area contributed by atoms with Gasteiger partial charge in [0.2, 0.25) is 0 Å². The van der Waals surface area contributed by atoms with Crippen LogP contribution in [0.3, 0.4) is 0 Å². The van der Waals surface area contributed by atoms with E-state index < -0.39 is 0 Å². The van der Waals surface area contributed by atoms with Gasteiger partial charge < -0.3 is 19.9 Å². The first kappa shape index (κ1) is 14.6. The van der Waals surface area contributed by atoms with E-state index in [4.69, 9.17) is 33.1 Å². The Morgan fingerprint density at radius 2 is 2.09 bits per heavy atom. The van der Waals surface area contributed by atoms with Crippen LogP contribution in [0.2, 0.25) is 5.02 Å². The Morgan fingerprint density at radius 1 is 1.23 bits per heavy atom. The molecule has 0 saturated carbocycles. The lowest BCUT2D eigenvalue weighted by atomic mass is 10.2. The van der Waals surface area contributed by atoms with Crippen molar-refractivity contribution in [2.75, 3.05) is 17.7 Å². The van der Waals surface area contributed by atoms with Crippen LogP contribution in [0, 0.1) is 0 Å². The number of nitrogens with one attached hydrogen (secondary N) is 2. The molecule has 0 radical (unpaired) electrons. The largest absolute Gasteiger partial charge is 0.497 e. The molecule has 0 bridgehead atoms. The molecule has 2 N–H and O–H groups in total. The molecule has 112 valence electrons. The van der Waals surface area contributed by atoms with E-state index in [1.807, 2.05) is 30.3 Å². The summed E-state index contributed by atoms with van der Waals surface area (Å²) in [6, 6.07) is 12.8. The van der Waals surface area contributed by atoms with Gasteiger partial charge in [-0.15, -0.1) is 0 Å². The lowest BCUT2D eigenvalue weighted by molar-refractivity contribution is 0.415. The molecule has 0 amide bonds. The van der Waals surface area contributed by atoms with Crippen LogP contribution in [0.4, 0.5) is 11.5 Å². The van der Waals surface area contributed by atoms with E-state index in [9.17, 15) is 0 Å². The van der Waals surface area contributed by atoms with Crippen molar-refractivity contribution in [2.24, 2.45) is 0 Å². The molecule has 1 heterocycles. The number of fused-ring (bicyclic) bond motifs is 1. The quantitative estimate of drug-likeness (QED) is 0.697. The molecule has 0 saturated heterocycles. The number of hydrogen-bond donors (Lipinski definition) is 2. The normalized spacial score (nSPS) is 10.5. The van der Waals surface area contributed by atoms with Crippen molar-refractivity contribution in [2.45, 2.75) is 0 Å². The fourth-order valence-electron chi connectivity index (χ4n) is 1.97. The maximum Gasteiger partial charge on any atom is 0.183 e. The molecule has 0 fully saturated rings. The summed E-state index contributed by atoms with van der Waals surface area (Å²) in [4.78, 5) is 0. The summed E-state index contributed by atoms with van der Waals surface area (Å²) in [6.45, 7) is 0. The summed E-state index contributed by atoms with van der Waals surface area (Å²) < 4.78 is 10.4.